The van der Waals surface area contributed by atoms with Gasteiger partial charge in [-0.3, -0.25) is 0 Å². The van der Waals surface area contributed by atoms with Crippen LogP contribution in [0.1, 0.15) is 29.2 Å². The second kappa shape index (κ2) is 5.55. The molecular weight excluding hydrogens is 277 g/mol. The fourth-order valence-corrected chi connectivity index (χ4v) is 4.26. The largest absolute Gasteiger partial charge is 0.387 e. The zero-order valence-corrected chi connectivity index (χ0v) is 12.4. The van der Waals surface area contributed by atoms with Crippen molar-refractivity contribution in [1.82, 2.24) is 0 Å². The first-order chi connectivity index (χ1) is 9.28. The Kier molecular flexibility index (Phi) is 3.80. The number of halogens is 1. The predicted molar refractivity (Wildman–Crippen MR) is 81.8 cm³/mol. The van der Waals surface area contributed by atoms with Gasteiger partial charge >= 0.3 is 0 Å². The molecule has 100 valence electrons. The minimum Gasteiger partial charge on any atom is -0.387 e. The predicted octanol–water partition coefficient (Wildman–Crippen LogP) is 5.10. The van der Waals surface area contributed by atoms with Gasteiger partial charge in [0.1, 0.15) is 5.82 Å². The maximum atomic E-state index is 13.0. The van der Waals surface area contributed by atoms with Crippen molar-refractivity contribution < 1.29 is 4.39 Å². The van der Waals surface area contributed by atoms with Crippen LogP contribution in [-0.4, -0.2) is 7.05 Å². The van der Waals surface area contributed by atoms with Crippen LogP contribution >= 0.6 is 23.1 Å². The van der Waals surface area contributed by atoms with Crippen LogP contribution in [0.25, 0.3) is 0 Å². The summed E-state index contributed by atoms with van der Waals surface area (Å²) in [6, 6.07) is 8.10. The summed E-state index contributed by atoms with van der Waals surface area (Å²) in [6.45, 7) is 0. The molecule has 0 aliphatic heterocycles. The highest BCUT2D eigenvalue weighted by Gasteiger charge is 2.27. The van der Waals surface area contributed by atoms with Gasteiger partial charge in [-0.15, -0.1) is 23.1 Å². The Bertz CT molecular complexity index is 575. The summed E-state index contributed by atoms with van der Waals surface area (Å²) in [6.07, 6.45) is 2.60. The van der Waals surface area contributed by atoms with Gasteiger partial charge in [-0.2, -0.15) is 0 Å². The molecule has 0 saturated heterocycles. The molecule has 4 heteroatoms. The molecule has 1 N–H and O–H groups in total. The smallest absolute Gasteiger partial charge is 0.134 e. The molecule has 1 aliphatic carbocycles. The van der Waals surface area contributed by atoms with E-state index < -0.39 is 0 Å². The van der Waals surface area contributed by atoms with Crippen molar-refractivity contribution in [2.45, 2.75) is 29.4 Å². The first-order valence-electron chi connectivity index (χ1n) is 6.44. The Labute approximate surface area is 121 Å². The molecule has 1 aromatic carbocycles. The Balaban J connectivity index is 1.82. The first kappa shape index (κ1) is 13.0. The highest BCUT2D eigenvalue weighted by Crippen LogP contribution is 2.47. The van der Waals surface area contributed by atoms with E-state index in [1.807, 2.05) is 18.8 Å². The van der Waals surface area contributed by atoms with Crippen LogP contribution in [0.3, 0.4) is 0 Å². The van der Waals surface area contributed by atoms with Crippen LogP contribution in [0, 0.1) is 5.82 Å². The number of anilines is 1. The summed E-state index contributed by atoms with van der Waals surface area (Å²) in [4.78, 5) is 2.43. The molecule has 0 spiro atoms. The lowest BCUT2D eigenvalue weighted by atomic mass is 10.1. The fourth-order valence-electron chi connectivity index (χ4n) is 2.20. The van der Waals surface area contributed by atoms with E-state index in [1.54, 1.807) is 11.4 Å². The van der Waals surface area contributed by atoms with Gasteiger partial charge in [0.05, 0.1) is 0 Å². The topological polar surface area (TPSA) is 12.0 Å². The van der Waals surface area contributed by atoms with Crippen molar-refractivity contribution >= 4 is 28.8 Å². The normalized spacial score (nSPS) is 14.6. The van der Waals surface area contributed by atoms with Crippen LogP contribution in [0.5, 0.6) is 0 Å². The maximum Gasteiger partial charge on any atom is 0.134 e. The summed E-state index contributed by atoms with van der Waals surface area (Å²) in [5.41, 5.74) is 2.64. The monoisotopic (exact) mass is 293 g/mol. The average Bonchev–Trinajstić information content (AvgIpc) is 3.19. The summed E-state index contributed by atoms with van der Waals surface area (Å²) in [7, 11) is 1.96. The molecule has 0 unspecified atom stereocenters. The van der Waals surface area contributed by atoms with Gasteiger partial charge in [-0.1, -0.05) is 12.1 Å². The van der Waals surface area contributed by atoms with Crippen molar-refractivity contribution in [3.05, 3.63) is 45.9 Å². The second-order valence-electron chi connectivity index (χ2n) is 4.77. The number of hydrogen-bond acceptors (Lipinski definition) is 3. The Morgan fingerprint density at radius 2 is 2.26 bits per heavy atom. The van der Waals surface area contributed by atoms with Crippen LogP contribution in [0.2, 0.25) is 0 Å². The van der Waals surface area contributed by atoms with Crippen molar-refractivity contribution in [3.63, 3.8) is 0 Å². The minimum absolute atomic E-state index is 0.120. The summed E-state index contributed by atoms with van der Waals surface area (Å²) < 4.78 is 13.0. The molecule has 1 nitrogen and oxygen atoms in total. The molecule has 2 aromatic rings. The van der Waals surface area contributed by atoms with Crippen molar-refractivity contribution in [3.8, 4) is 0 Å². The number of hydrogen-bond donors (Lipinski definition) is 1. The second-order valence-corrected chi connectivity index (χ2v) is 6.75. The van der Waals surface area contributed by atoms with Gasteiger partial charge in [-0.25, -0.2) is 4.39 Å². The molecule has 1 aromatic heterocycles. The quantitative estimate of drug-likeness (QED) is 0.770. The number of rotatable bonds is 5. The maximum absolute atomic E-state index is 13.0. The van der Waals surface area contributed by atoms with Gasteiger partial charge in [0.25, 0.3) is 0 Å². The lowest BCUT2D eigenvalue weighted by Crippen LogP contribution is -1.95. The van der Waals surface area contributed by atoms with Crippen molar-refractivity contribution in [2.75, 3.05) is 12.4 Å². The van der Waals surface area contributed by atoms with E-state index in [2.05, 4.69) is 23.5 Å². The van der Waals surface area contributed by atoms with E-state index >= 15 is 0 Å². The number of benzene rings is 1. The molecule has 0 amide bonds. The molecule has 0 radical (unpaired) electrons. The number of thioether (sulfide) groups is 1. The van der Waals surface area contributed by atoms with Gasteiger partial charge in [0, 0.05) is 33.6 Å². The molecule has 1 heterocycles. The molecule has 19 heavy (non-hydrogen) atoms. The number of nitrogens with one attached hydrogen (secondary N) is 1. The van der Waals surface area contributed by atoms with E-state index in [0.717, 1.165) is 16.5 Å². The highest BCUT2D eigenvalue weighted by molar-refractivity contribution is 7.98. The Morgan fingerprint density at radius 3 is 2.89 bits per heavy atom. The summed E-state index contributed by atoms with van der Waals surface area (Å²) in [5.74, 6) is 1.45. The third-order valence-electron chi connectivity index (χ3n) is 3.31. The van der Waals surface area contributed by atoms with Crippen LogP contribution in [0.15, 0.2) is 34.5 Å². The third kappa shape index (κ3) is 2.95. The molecule has 1 aliphatic rings. The zero-order chi connectivity index (χ0) is 13.2. The zero-order valence-electron chi connectivity index (χ0n) is 10.8. The standard InChI is InChI=1S/C15H16FNS2/c1-17-14-4-2-3-13(10-5-6-10)15(14)19-9-12-7-11(16)8-18-12/h2-4,7-8,10,17H,5-6,9H2,1H3. The third-order valence-corrected chi connectivity index (χ3v) is 5.60. The Hall–Kier alpha value is -1.00. The summed E-state index contributed by atoms with van der Waals surface area (Å²) >= 11 is 3.31. The van der Waals surface area contributed by atoms with E-state index in [4.69, 9.17) is 0 Å². The SMILES string of the molecule is CNc1cccc(C2CC2)c1SCc1cc(F)cs1. The van der Waals surface area contributed by atoms with E-state index in [0.29, 0.717) is 0 Å². The molecule has 1 saturated carbocycles. The number of thiophene rings is 1. The van der Waals surface area contributed by atoms with Gasteiger partial charge in [0.2, 0.25) is 0 Å². The van der Waals surface area contributed by atoms with Gasteiger partial charge < -0.3 is 5.32 Å². The van der Waals surface area contributed by atoms with Crippen LogP contribution in [-0.2, 0) is 5.75 Å². The van der Waals surface area contributed by atoms with Crippen molar-refractivity contribution in [1.29, 1.82) is 0 Å². The lowest BCUT2D eigenvalue weighted by Gasteiger charge is -2.13. The van der Waals surface area contributed by atoms with E-state index in [1.165, 1.54) is 40.3 Å². The molecule has 1 fully saturated rings. The Morgan fingerprint density at radius 1 is 1.42 bits per heavy atom. The average molecular weight is 293 g/mol. The highest BCUT2D eigenvalue weighted by atomic mass is 32.2. The molecule has 0 atom stereocenters. The molecule has 3 rings (SSSR count). The van der Waals surface area contributed by atoms with E-state index in [-0.39, 0.29) is 5.82 Å². The van der Waals surface area contributed by atoms with Gasteiger partial charge in [0.15, 0.2) is 0 Å². The fraction of sp³-hybridized carbons (Fsp3) is 0.333. The summed E-state index contributed by atoms with van der Waals surface area (Å²) in [5, 5.41) is 4.84. The minimum atomic E-state index is -0.120. The molecular formula is C15H16FNS2. The first-order valence-corrected chi connectivity index (χ1v) is 8.31. The van der Waals surface area contributed by atoms with E-state index in [9.17, 15) is 4.39 Å². The van der Waals surface area contributed by atoms with Crippen LogP contribution < -0.4 is 5.32 Å². The van der Waals surface area contributed by atoms with Crippen LogP contribution in [0.4, 0.5) is 10.1 Å². The lowest BCUT2D eigenvalue weighted by molar-refractivity contribution is 0.633. The van der Waals surface area contributed by atoms with Crippen molar-refractivity contribution in [2.24, 2.45) is 0 Å². The van der Waals surface area contributed by atoms with Gasteiger partial charge in [-0.05, 0) is 36.5 Å². The molecule has 0 bridgehead atoms.